The molecule has 10 nitrogen and oxygen atoms in total. The first kappa shape index (κ1) is 27.1. The predicted molar refractivity (Wildman–Crippen MR) is 149 cm³/mol. The number of hydrogen-bond acceptors (Lipinski definition) is 8. The van der Waals surface area contributed by atoms with E-state index in [0.29, 0.717) is 11.4 Å². The number of ether oxygens (including phenoxy) is 1. The highest BCUT2D eigenvalue weighted by Crippen LogP contribution is 2.31. The molecule has 11 heteroatoms. The van der Waals surface area contributed by atoms with Gasteiger partial charge in [0.15, 0.2) is 0 Å². The fourth-order valence-corrected chi connectivity index (χ4v) is 4.90. The van der Waals surface area contributed by atoms with Crippen LogP contribution in [0.25, 0.3) is 11.3 Å². The molecule has 200 valence electrons. The molecule has 0 saturated heterocycles. The lowest BCUT2D eigenvalue weighted by Crippen LogP contribution is -2.16. The van der Waals surface area contributed by atoms with Crippen LogP contribution >= 0.6 is 0 Å². The summed E-state index contributed by atoms with van der Waals surface area (Å²) in [6.45, 7) is 5.84. The van der Waals surface area contributed by atoms with E-state index in [9.17, 15) is 8.42 Å². The van der Waals surface area contributed by atoms with Gasteiger partial charge in [-0.3, -0.25) is 4.68 Å². The van der Waals surface area contributed by atoms with E-state index in [4.69, 9.17) is 4.74 Å². The summed E-state index contributed by atoms with van der Waals surface area (Å²) in [7, 11) is 1.81. The average Bonchev–Trinajstić information content (AvgIpc) is 3.30. The Bertz CT molecular complexity index is 1480. The Morgan fingerprint density at radius 2 is 1.74 bits per heavy atom. The third-order valence-electron chi connectivity index (χ3n) is 5.85. The Hall–Kier alpha value is -3.96. The number of rotatable bonds is 11. The average molecular weight is 536 g/mol. The van der Waals surface area contributed by atoms with Gasteiger partial charge >= 0.3 is 0 Å². The van der Waals surface area contributed by atoms with Crippen molar-refractivity contribution in [1.82, 2.24) is 24.6 Å². The number of benzene rings is 2. The van der Waals surface area contributed by atoms with Gasteiger partial charge in [0.1, 0.15) is 10.6 Å². The van der Waals surface area contributed by atoms with Gasteiger partial charge in [-0.15, -0.1) is 0 Å². The van der Waals surface area contributed by atoms with E-state index in [1.54, 1.807) is 13.1 Å². The van der Waals surface area contributed by atoms with Crippen molar-refractivity contribution in [2.24, 2.45) is 7.05 Å². The van der Waals surface area contributed by atoms with Crippen molar-refractivity contribution in [1.29, 1.82) is 0 Å². The van der Waals surface area contributed by atoms with Crippen LogP contribution in [0, 0.1) is 13.8 Å². The quantitative estimate of drug-likeness (QED) is 0.271. The zero-order valence-electron chi connectivity index (χ0n) is 22.3. The second-order valence-corrected chi connectivity index (χ2v) is 11.0. The standard InChI is InChI=1S/C27H33N7O3S/c1-19-8-6-9-20(2)26(19)24-16-25(31-27(30-24)32-38(35,36)23-17-29-34(5)18-23)37-22-12-10-21(11-13-22)28-14-7-15-33(3)4/h6,8-13,16-18,28H,7,14-15H2,1-5H3,(H,30,31,32). The molecule has 0 bridgehead atoms. The highest BCUT2D eigenvalue weighted by atomic mass is 32.2. The Balaban J connectivity index is 1.61. The van der Waals surface area contributed by atoms with E-state index in [-0.39, 0.29) is 16.7 Å². The third-order valence-corrected chi connectivity index (χ3v) is 7.13. The molecule has 4 aromatic rings. The van der Waals surface area contributed by atoms with E-state index in [0.717, 1.165) is 41.9 Å². The topological polar surface area (TPSA) is 114 Å². The monoisotopic (exact) mass is 535 g/mol. The zero-order chi connectivity index (χ0) is 27.3. The number of hydrogen-bond donors (Lipinski definition) is 2. The Morgan fingerprint density at radius 3 is 2.37 bits per heavy atom. The minimum absolute atomic E-state index is 0.0113. The van der Waals surface area contributed by atoms with Gasteiger partial charge in [0.2, 0.25) is 11.8 Å². The summed E-state index contributed by atoms with van der Waals surface area (Å²) in [6.07, 6.45) is 3.71. The van der Waals surface area contributed by atoms with Crippen molar-refractivity contribution in [3.05, 3.63) is 72.1 Å². The molecule has 4 rings (SSSR count). The van der Waals surface area contributed by atoms with Crippen LogP contribution in [0.4, 0.5) is 11.6 Å². The fourth-order valence-electron chi connectivity index (χ4n) is 3.98. The molecule has 0 aliphatic carbocycles. The van der Waals surface area contributed by atoms with Gasteiger partial charge in [0.05, 0.1) is 11.9 Å². The molecular weight excluding hydrogens is 502 g/mol. The van der Waals surface area contributed by atoms with Crippen molar-refractivity contribution >= 4 is 21.7 Å². The van der Waals surface area contributed by atoms with Crippen molar-refractivity contribution < 1.29 is 13.2 Å². The predicted octanol–water partition coefficient (Wildman–Crippen LogP) is 4.45. The highest BCUT2D eigenvalue weighted by molar-refractivity contribution is 7.92. The fraction of sp³-hybridized carbons (Fsp3) is 0.296. The van der Waals surface area contributed by atoms with Crippen LogP contribution in [0.1, 0.15) is 17.5 Å². The maximum absolute atomic E-state index is 13.0. The molecule has 0 fully saturated rings. The SMILES string of the molecule is Cc1cccc(C)c1-c1cc(Oc2ccc(NCCCN(C)C)cc2)nc(NS(=O)(=O)c2cnn(C)c2)n1. The first-order chi connectivity index (χ1) is 18.1. The normalized spacial score (nSPS) is 11.5. The summed E-state index contributed by atoms with van der Waals surface area (Å²) in [6, 6.07) is 15.2. The molecule has 2 heterocycles. The summed E-state index contributed by atoms with van der Waals surface area (Å²) in [5.74, 6) is 0.687. The van der Waals surface area contributed by atoms with E-state index in [2.05, 4.69) is 44.1 Å². The van der Waals surface area contributed by atoms with Crippen LogP contribution in [0.3, 0.4) is 0 Å². The van der Waals surface area contributed by atoms with Gasteiger partial charge in [-0.05, 0) is 76.3 Å². The van der Waals surface area contributed by atoms with Crippen molar-refractivity contribution in [2.45, 2.75) is 25.2 Å². The Kier molecular flexibility index (Phi) is 8.28. The summed E-state index contributed by atoms with van der Waals surface area (Å²) in [5.41, 5.74) is 4.42. The lowest BCUT2D eigenvalue weighted by molar-refractivity contribution is 0.405. The van der Waals surface area contributed by atoms with E-state index < -0.39 is 10.0 Å². The minimum atomic E-state index is -3.95. The zero-order valence-corrected chi connectivity index (χ0v) is 23.1. The second kappa shape index (κ2) is 11.6. The second-order valence-electron chi connectivity index (χ2n) is 9.35. The molecule has 0 radical (unpaired) electrons. The van der Waals surface area contributed by atoms with Gasteiger partial charge < -0.3 is 15.0 Å². The lowest BCUT2D eigenvalue weighted by Gasteiger charge is -2.14. The molecule has 2 N–H and O–H groups in total. The van der Waals surface area contributed by atoms with Gasteiger partial charge in [-0.2, -0.15) is 10.1 Å². The molecule has 0 aliphatic heterocycles. The smallest absolute Gasteiger partial charge is 0.267 e. The van der Waals surface area contributed by atoms with Gasteiger partial charge in [0, 0.05) is 37.1 Å². The molecule has 0 aliphatic rings. The maximum atomic E-state index is 13.0. The number of nitrogens with zero attached hydrogens (tertiary/aromatic N) is 5. The first-order valence-electron chi connectivity index (χ1n) is 12.2. The van der Waals surface area contributed by atoms with Gasteiger partial charge in [-0.1, -0.05) is 18.2 Å². The molecule has 0 saturated carbocycles. The van der Waals surface area contributed by atoms with Crippen molar-refractivity contribution in [3.8, 4) is 22.9 Å². The van der Waals surface area contributed by atoms with Crippen LogP contribution < -0.4 is 14.8 Å². The maximum Gasteiger partial charge on any atom is 0.267 e. The summed E-state index contributed by atoms with van der Waals surface area (Å²) < 4.78 is 35.9. The van der Waals surface area contributed by atoms with Crippen molar-refractivity contribution in [2.75, 3.05) is 37.2 Å². The molecule has 38 heavy (non-hydrogen) atoms. The summed E-state index contributed by atoms with van der Waals surface area (Å²) in [5, 5.41) is 7.34. The number of aryl methyl sites for hydroxylation is 3. The van der Waals surface area contributed by atoms with Crippen molar-refractivity contribution in [3.63, 3.8) is 0 Å². The number of sulfonamides is 1. The molecule has 0 unspecified atom stereocenters. The summed E-state index contributed by atoms with van der Waals surface area (Å²) in [4.78, 5) is 11.1. The van der Waals surface area contributed by atoms with E-state index in [1.165, 1.54) is 17.1 Å². The van der Waals surface area contributed by atoms with Crippen LogP contribution in [-0.4, -0.2) is 60.3 Å². The van der Waals surface area contributed by atoms with E-state index >= 15 is 0 Å². The lowest BCUT2D eigenvalue weighted by atomic mass is 10.00. The van der Waals surface area contributed by atoms with E-state index in [1.807, 2.05) is 56.3 Å². The number of anilines is 2. The Labute approximate surface area is 223 Å². The van der Waals surface area contributed by atoms with Crippen LogP contribution in [0.2, 0.25) is 0 Å². The van der Waals surface area contributed by atoms with Gasteiger partial charge in [0.25, 0.3) is 10.0 Å². The largest absolute Gasteiger partial charge is 0.439 e. The number of nitrogens with one attached hydrogen (secondary N) is 2. The minimum Gasteiger partial charge on any atom is -0.439 e. The molecular formula is C27H33N7O3S. The summed E-state index contributed by atoms with van der Waals surface area (Å²) >= 11 is 0. The molecule has 2 aromatic carbocycles. The third kappa shape index (κ3) is 6.87. The Morgan fingerprint density at radius 1 is 1.03 bits per heavy atom. The molecule has 2 aromatic heterocycles. The highest BCUT2D eigenvalue weighted by Gasteiger charge is 2.20. The molecule has 0 atom stereocenters. The van der Waals surface area contributed by atoms with Crippen LogP contribution in [0.15, 0.2) is 65.8 Å². The van der Waals surface area contributed by atoms with Gasteiger partial charge in [-0.25, -0.2) is 18.1 Å². The van der Waals surface area contributed by atoms with Crippen LogP contribution in [0.5, 0.6) is 11.6 Å². The first-order valence-corrected chi connectivity index (χ1v) is 13.7. The number of aromatic nitrogens is 4. The molecule has 0 amide bonds. The van der Waals surface area contributed by atoms with Crippen LogP contribution in [-0.2, 0) is 17.1 Å². The molecule has 0 spiro atoms.